The van der Waals surface area contributed by atoms with Gasteiger partial charge in [-0.3, -0.25) is 0 Å². The van der Waals surface area contributed by atoms with Gasteiger partial charge in [0.25, 0.3) is 0 Å². The lowest BCUT2D eigenvalue weighted by atomic mass is 9.77. The van der Waals surface area contributed by atoms with Crippen molar-refractivity contribution in [2.45, 2.75) is 82.5 Å². The summed E-state index contributed by atoms with van der Waals surface area (Å²) in [5.41, 5.74) is 2.64. The first-order chi connectivity index (χ1) is 12.6. The van der Waals surface area contributed by atoms with E-state index in [1.165, 1.54) is 11.1 Å². The first kappa shape index (κ1) is 23.0. The molecule has 27 heavy (non-hydrogen) atoms. The van der Waals surface area contributed by atoms with Crippen LogP contribution in [-0.4, -0.2) is 26.2 Å². The fraction of sp³-hybridized carbons (Fsp3) is 0.619. The highest BCUT2D eigenvalue weighted by Gasteiger charge is 2.51. The SMILES string of the molecule is CC(C)OC(=S)SC1CCC1(SC(=S)OC(C)C)c1ccc(C(C)C)cc1. The fourth-order valence-electron chi connectivity index (χ4n) is 3.04. The molecular formula is C21H30O2S4. The quantitative estimate of drug-likeness (QED) is 0.436. The molecule has 2 unspecified atom stereocenters. The van der Waals surface area contributed by atoms with Crippen LogP contribution in [-0.2, 0) is 14.2 Å². The molecule has 150 valence electrons. The third-order valence-electron chi connectivity index (χ3n) is 4.53. The third kappa shape index (κ3) is 6.09. The second kappa shape index (κ2) is 9.95. The summed E-state index contributed by atoms with van der Waals surface area (Å²) in [5, 5.41) is 0.326. The largest absolute Gasteiger partial charge is 0.476 e. The Balaban J connectivity index is 2.26. The normalized spacial score (nSPS) is 22.0. The van der Waals surface area contributed by atoms with Crippen molar-refractivity contribution >= 4 is 56.7 Å². The van der Waals surface area contributed by atoms with Gasteiger partial charge in [0, 0.05) is 5.25 Å². The molecule has 1 aliphatic carbocycles. The number of thiocarbonyl (C=S) groups is 2. The first-order valence-electron chi connectivity index (χ1n) is 9.51. The molecule has 6 heteroatoms. The lowest BCUT2D eigenvalue weighted by Crippen LogP contribution is -2.45. The van der Waals surface area contributed by atoms with E-state index in [1.54, 1.807) is 23.5 Å². The Morgan fingerprint density at radius 1 is 0.963 bits per heavy atom. The Labute approximate surface area is 183 Å². The van der Waals surface area contributed by atoms with Crippen LogP contribution in [0.15, 0.2) is 24.3 Å². The molecule has 2 rings (SSSR count). The topological polar surface area (TPSA) is 18.5 Å². The molecule has 0 bridgehead atoms. The van der Waals surface area contributed by atoms with Gasteiger partial charge in [-0.1, -0.05) is 61.6 Å². The smallest absolute Gasteiger partial charge is 0.221 e. The van der Waals surface area contributed by atoms with E-state index in [-0.39, 0.29) is 17.0 Å². The zero-order valence-corrected chi connectivity index (χ0v) is 20.2. The van der Waals surface area contributed by atoms with Gasteiger partial charge in [0.2, 0.25) is 8.77 Å². The van der Waals surface area contributed by atoms with Crippen molar-refractivity contribution in [1.82, 2.24) is 0 Å². The minimum absolute atomic E-state index is 0.0851. The summed E-state index contributed by atoms with van der Waals surface area (Å²) >= 11 is 14.3. The lowest BCUT2D eigenvalue weighted by Gasteiger charge is -2.48. The summed E-state index contributed by atoms with van der Waals surface area (Å²) in [4.78, 5) is 0. The number of benzene rings is 1. The highest BCUT2D eigenvalue weighted by molar-refractivity contribution is 8.26. The van der Waals surface area contributed by atoms with Crippen LogP contribution < -0.4 is 0 Å². The predicted octanol–water partition coefficient (Wildman–Crippen LogP) is 7.05. The van der Waals surface area contributed by atoms with Crippen molar-refractivity contribution < 1.29 is 9.47 Å². The third-order valence-corrected chi connectivity index (χ3v) is 7.97. The van der Waals surface area contributed by atoms with Crippen LogP contribution in [0.25, 0.3) is 0 Å². The zero-order chi connectivity index (χ0) is 20.2. The van der Waals surface area contributed by atoms with E-state index in [0.29, 0.717) is 19.9 Å². The minimum Gasteiger partial charge on any atom is -0.476 e. The van der Waals surface area contributed by atoms with E-state index in [1.807, 2.05) is 27.7 Å². The Morgan fingerprint density at radius 2 is 1.52 bits per heavy atom. The Morgan fingerprint density at radius 3 is 1.96 bits per heavy atom. The van der Waals surface area contributed by atoms with E-state index >= 15 is 0 Å². The van der Waals surface area contributed by atoms with Gasteiger partial charge in [-0.15, -0.1) is 0 Å². The van der Waals surface area contributed by atoms with Crippen LogP contribution in [0.2, 0.25) is 0 Å². The van der Waals surface area contributed by atoms with Crippen LogP contribution >= 0.6 is 48.0 Å². The van der Waals surface area contributed by atoms with E-state index < -0.39 is 0 Å². The summed E-state index contributed by atoms with van der Waals surface area (Å²) in [6, 6.07) is 8.97. The molecule has 1 aromatic rings. The number of hydrogen-bond donors (Lipinski definition) is 0. The molecule has 2 atom stereocenters. The Bertz CT molecular complexity index is 655. The molecule has 0 heterocycles. The first-order valence-corrected chi connectivity index (χ1v) is 12.0. The predicted molar refractivity (Wildman–Crippen MR) is 128 cm³/mol. The van der Waals surface area contributed by atoms with Gasteiger partial charge in [0.05, 0.1) is 17.0 Å². The standard InChI is InChI=1S/C21H30O2S4/c1-13(2)16-7-9-17(10-8-16)21(27-20(25)23-15(5)6)12-11-18(21)26-19(24)22-14(3)4/h7-10,13-15,18H,11-12H2,1-6H3. The number of rotatable bonds is 6. The summed E-state index contributed by atoms with van der Waals surface area (Å²) < 4.78 is 12.6. The average molecular weight is 443 g/mol. The van der Waals surface area contributed by atoms with Gasteiger partial charge in [-0.05, 0) is 82.0 Å². The molecule has 0 spiro atoms. The molecule has 0 N–H and O–H groups in total. The molecule has 0 amide bonds. The molecule has 1 fully saturated rings. The molecule has 0 radical (unpaired) electrons. The molecule has 1 aliphatic rings. The second-order valence-corrected chi connectivity index (χ2v) is 11.5. The van der Waals surface area contributed by atoms with Crippen molar-refractivity contribution in [1.29, 1.82) is 0 Å². The minimum atomic E-state index is -0.115. The molecule has 1 aromatic carbocycles. The van der Waals surface area contributed by atoms with Crippen LogP contribution in [0.3, 0.4) is 0 Å². The van der Waals surface area contributed by atoms with E-state index in [4.69, 9.17) is 33.9 Å². The monoisotopic (exact) mass is 442 g/mol. The highest BCUT2D eigenvalue weighted by atomic mass is 32.2. The summed E-state index contributed by atoms with van der Waals surface area (Å²) in [6.07, 6.45) is 2.34. The van der Waals surface area contributed by atoms with Crippen LogP contribution in [0.5, 0.6) is 0 Å². The van der Waals surface area contributed by atoms with E-state index in [0.717, 1.165) is 12.8 Å². The molecule has 0 saturated heterocycles. The highest BCUT2D eigenvalue weighted by Crippen LogP contribution is 2.58. The Kier molecular flexibility index (Phi) is 8.47. The van der Waals surface area contributed by atoms with Gasteiger partial charge < -0.3 is 9.47 Å². The van der Waals surface area contributed by atoms with E-state index in [2.05, 4.69) is 38.1 Å². The molecule has 0 aliphatic heterocycles. The van der Waals surface area contributed by atoms with Crippen molar-refractivity contribution in [3.8, 4) is 0 Å². The van der Waals surface area contributed by atoms with Gasteiger partial charge in [-0.2, -0.15) is 0 Å². The van der Waals surface area contributed by atoms with Crippen molar-refractivity contribution in [2.75, 3.05) is 0 Å². The number of hydrogen-bond acceptors (Lipinski definition) is 6. The summed E-state index contributed by atoms with van der Waals surface area (Å²) in [5.74, 6) is 0.520. The van der Waals surface area contributed by atoms with E-state index in [9.17, 15) is 0 Å². The maximum Gasteiger partial charge on any atom is 0.221 e. The van der Waals surface area contributed by atoms with Gasteiger partial charge in [-0.25, -0.2) is 0 Å². The van der Waals surface area contributed by atoms with Crippen molar-refractivity contribution in [2.24, 2.45) is 0 Å². The fourth-order valence-corrected chi connectivity index (χ4v) is 6.93. The summed E-state index contributed by atoms with van der Waals surface area (Å²) in [7, 11) is 0. The maximum atomic E-state index is 5.80. The van der Waals surface area contributed by atoms with Crippen molar-refractivity contribution in [3.05, 3.63) is 35.4 Å². The zero-order valence-electron chi connectivity index (χ0n) is 17.0. The number of ether oxygens (including phenoxy) is 2. The lowest BCUT2D eigenvalue weighted by molar-refractivity contribution is 0.241. The molecule has 2 nitrogen and oxygen atoms in total. The van der Waals surface area contributed by atoms with Crippen LogP contribution in [0.4, 0.5) is 0 Å². The molecular weight excluding hydrogens is 412 g/mol. The molecule has 0 aromatic heterocycles. The van der Waals surface area contributed by atoms with Crippen LogP contribution in [0.1, 0.15) is 71.4 Å². The van der Waals surface area contributed by atoms with Gasteiger partial charge in [0.1, 0.15) is 0 Å². The maximum absolute atomic E-state index is 5.80. The van der Waals surface area contributed by atoms with Crippen LogP contribution in [0, 0.1) is 0 Å². The van der Waals surface area contributed by atoms with Gasteiger partial charge in [0.15, 0.2) is 0 Å². The Hall–Kier alpha value is -0.300. The van der Waals surface area contributed by atoms with Crippen molar-refractivity contribution in [3.63, 3.8) is 0 Å². The van der Waals surface area contributed by atoms with Gasteiger partial charge >= 0.3 is 0 Å². The second-order valence-electron chi connectivity index (χ2n) is 7.75. The summed E-state index contributed by atoms with van der Waals surface area (Å²) in [6.45, 7) is 12.5. The number of thioether (sulfide) groups is 2. The average Bonchev–Trinajstić information content (AvgIpc) is 2.55. The molecule has 1 saturated carbocycles.